The second kappa shape index (κ2) is 11.9. The molecule has 40 heavy (non-hydrogen) atoms. The molecule has 0 aliphatic carbocycles. The minimum Gasteiger partial charge on any atom is -0.465 e. The number of halogens is 4. The molecule has 1 aliphatic heterocycles. The number of rotatable bonds is 10. The molecule has 4 rings (SSSR count). The second-order valence-corrected chi connectivity index (χ2v) is 17.4. The number of amides is 1. The summed E-state index contributed by atoms with van der Waals surface area (Å²) in [6, 6.07) is 11.4. The number of hydrogen-bond donors (Lipinski definition) is 2. The lowest BCUT2D eigenvalue weighted by Crippen LogP contribution is -2.47. The monoisotopic (exact) mass is 580 g/mol. The first-order valence-electron chi connectivity index (χ1n) is 13.4. The van der Waals surface area contributed by atoms with E-state index in [1.54, 1.807) is 24.4 Å². The molecule has 2 N–H and O–H groups in total. The van der Waals surface area contributed by atoms with Gasteiger partial charge in [-0.1, -0.05) is 31.8 Å². The van der Waals surface area contributed by atoms with Crippen LogP contribution < -0.4 is 0 Å². The van der Waals surface area contributed by atoms with Gasteiger partial charge < -0.3 is 24.5 Å². The summed E-state index contributed by atoms with van der Waals surface area (Å²) in [5.74, 6) is -0.375. The van der Waals surface area contributed by atoms with Crippen LogP contribution in [0.15, 0.2) is 48.7 Å². The summed E-state index contributed by atoms with van der Waals surface area (Å²) in [5.41, 5.74) is 1.56. The van der Waals surface area contributed by atoms with E-state index in [1.807, 2.05) is 0 Å². The van der Waals surface area contributed by atoms with Gasteiger partial charge in [-0.2, -0.15) is 13.2 Å². The van der Waals surface area contributed by atoms with E-state index in [-0.39, 0.29) is 31.2 Å². The SMILES string of the molecule is C[Si](C)(C)CCOC(c1cc(COCC2(c3ccc(F)cc3)CCN(C(=O)O)CC2)c2[nH]ccc2c1)C(F)(F)F. The molecule has 1 amide bonds. The molecule has 1 aromatic heterocycles. The van der Waals surface area contributed by atoms with Crippen LogP contribution in [0.2, 0.25) is 25.7 Å². The molecule has 1 fully saturated rings. The number of aromatic nitrogens is 1. The molecule has 3 aromatic rings. The maximum absolute atomic E-state index is 14.1. The molecular weight excluding hydrogens is 544 g/mol. The van der Waals surface area contributed by atoms with E-state index in [1.165, 1.54) is 29.2 Å². The van der Waals surface area contributed by atoms with Gasteiger partial charge in [0.15, 0.2) is 6.10 Å². The highest BCUT2D eigenvalue weighted by molar-refractivity contribution is 6.76. The molecule has 2 heterocycles. The zero-order valence-corrected chi connectivity index (χ0v) is 24.0. The smallest absolute Gasteiger partial charge is 0.418 e. The van der Waals surface area contributed by atoms with Crippen LogP contribution in [0.25, 0.3) is 10.9 Å². The third-order valence-corrected chi connectivity index (χ3v) is 9.29. The van der Waals surface area contributed by atoms with Crippen molar-refractivity contribution < 1.29 is 36.9 Å². The van der Waals surface area contributed by atoms with Gasteiger partial charge in [0.2, 0.25) is 0 Å². The molecular formula is C29H36F4N2O4Si. The molecule has 1 saturated heterocycles. The van der Waals surface area contributed by atoms with Gasteiger partial charge in [-0.05, 0) is 60.3 Å². The number of carboxylic acid groups (broad SMARTS) is 1. The first-order chi connectivity index (χ1) is 18.8. The van der Waals surface area contributed by atoms with Crippen LogP contribution in [0, 0.1) is 5.82 Å². The molecule has 0 spiro atoms. The maximum Gasteiger partial charge on any atom is 0.418 e. The van der Waals surface area contributed by atoms with E-state index in [0.717, 1.165) is 5.56 Å². The predicted octanol–water partition coefficient (Wildman–Crippen LogP) is 7.49. The Labute approximate surface area is 232 Å². The molecule has 11 heteroatoms. The summed E-state index contributed by atoms with van der Waals surface area (Å²) >= 11 is 0. The summed E-state index contributed by atoms with van der Waals surface area (Å²) in [5, 5.41) is 10.0. The van der Waals surface area contributed by atoms with E-state index >= 15 is 0 Å². The number of alkyl halides is 3. The van der Waals surface area contributed by atoms with Crippen LogP contribution in [-0.4, -0.2) is 61.6 Å². The number of piperidine rings is 1. The quantitative estimate of drug-likeness (QED) is 0.192. The average Bonchev–Trinajstić information content (AvgIpc) is 3.35. The van der Waals surface area contributed by atoms with Crippen LogP contribution in [0.5, 0.6) is 0 Å². The summed E-state index contributed by atoms with van der Waals surface area (Å²) in [4.78, 5) is 15.9. The summed E-state index contributed by atoms with van der Waals surface area (Å²) in [6.07, 6.45) is -4.99. The highest BCUT2D eigenvalue weighted by Gasteiger charge is 2.42. The lowest BCUT2D eigenvalue weighted by Gasteiger charge is -2.41. The Kier molecular flexibility index (Phi) is 8.96. The van der Waals surface area contributed by atoms with Crippen molar-refractivity contribution in [3.05, 3.63) is 71.2 Å². The van der Waals surface area contributed by atoms with Crippen LogP contribution in [0.4, 0.5) is 22.4 Å². The third kappa shape index (κ3) is 7.24. The molecule has 1 atom stereocenters. The second-order valence-electron chi connectivity index (χ2n) is 11.8. The van der Waals surface area contributed by atoms with Crippen LogP contribution in [-0.2, 0) is 21.5 Å². The highest BCUT2D eigenvalue weighted by atomic mass is 28.3. The number of aromatic amines is 1. The number of fused-ring (bicyclic) bond motifs is 1. The Morgan fingerprint density at radius 1 is 1.12 bits per heavy atom. The minimum atomic E-state index is -4.58. The maximum atomic E-state index is 14.1. The number of H-pyrrole nitrogens is 1. The molecule has 0 saturated carbocycles. The number of nitrogens with zero attached hydrogens (tertiary/aromatic N) is 1. The molecule has 1 aliphatic rings. The first kappa shape index (κ1) is 30.1. The molecule has 0 bridgehead atoms. The van der Waals surface area contributed by atoms with Crippen molar-refractivity contribution >= 4 is 25.1 Å². The fourth-order valence-electron chi connectivity index (χ4n) is 5.20. The normalized spacial score (nSPS) is 16.8. The van der Waals surface area contributed by atoms with Crippen LogP contribution >= 0.6 is 0 Å². The summed E-state index contributed by atoms with van der Waals surface area (Å²) < 4.78 is 67.6. The van der Waals surface area contributed by atoms with Crippen LogP contribution in [0.3, 0.4) is 0 Å². The minimum absolute atomic E-state index is 0.0248. The Bertz CT molecular complexity index is 1300. The molecule has 0 radical (unpaired) electrons. The number of likely N-dealkylation sites (tertiary alicyclic amines) is 1. The van der Waals surface area contributed by atoms with Crippen molar-refractivity contribution in [1.29, 1.82) is 0 Å². The van der Waals surface area contributed by atoms with Gasteiger partial charge in [0.1, 0.15) is 5.82 Å². The predicted molar refractivity (Wildman–Crippen MR) is 148 cm³/mol. The highest BCUT2D eigenvalue weighted by Crippen LogP contribution is 2.39. The number of carbonyl (C=O) groups is 1. The van der Waals surface area contributed by atoms with Crippen LogP contribution in [0.1, 0.15) is 35.6 Å². The fraction of sp³-hybridized carbons (Fsp3) is 0.483. The van der Waals surface area contributed by atoms with Gasteiger partial charge in [0.05, 0.1) is 18.7 Å². The zero-order valence-electron chi connectivity index (χ0n) is 23.0. The standard InChI is InChI=1S/C29H36F4N2O4Si/c1-40(2,3)15-14-39-26(29(31,32)33)21-16-20-8-11-34-25(20)22(17-21)18-38-19-28(23-4-6-24(30)7-5-23)9-12-35(13-10-28)27(36)37/h4-8,11,16-17,26,34H,9-10,12-15,18-19H2,1-3H3,(H,36,37). The molecule has 6 nitrogen and oxygen atoms in total. The number of ether oxygens (including phenoxy) is 2. The van der Waals surface area contributed by atoms with E-state index in [9.17, 15) is 27.5 Å². The summed E-state index contributed by atoms with van der Waals surface area (Å²) in [6.45, 7) is 7.14. The van der Waals surface area contributed by atoms with Crippen molar-refractivity contribution in [3.8, 4) is 0 Å². The first-order valence-corrected chi connectivity index (χ1v) is 17.1. The van der Waals surface area contributed by atoms with Crippen molar-refractivity contribution in [2.24, 2.45) is 0 Å². The van der Waals surface area contributed by atoms with Crippen molar-refractivity contribution in [3.63, 3.8) is 0 Å². The van der Waals surface area contributed by atoms with Crippen molar-refractivity contribution in [2.75, 3.05) is 26.3 Å². The third-order valence-electron chi connectivity index (χ3n) is 7.58. The summed E-state index contributed by atoms with van der Waals surface area (Å²) in [7, 11) is -1.58. The number of benzene rings is 2. The fourth-order valence-corrected chi connectivity index (χ4v) is 5.93. The van der Waals surface area contributed by atoms with Gasteiger partial charge in [-0.15, -0.1) is 0 Å². The van der Waals surface area contributed by atoms with Crippen molar-refractivity contribution in [2.45, 2.75) is 62.8 Å². The van der Waals surface area contributed by atoms with Crippen molar-refractivity contribution in [1.82, 2.24) is 9.88 Å². The number of nitrogens with one attached hydrogen (secondary N) is 1. The Morgan fingerprint density at radius 3 is 2.40 bits per heavy atom. The van der Waals surface area contributed by atoms with Gasteiger partial charge in [-0.3, -0.25) is 0 Å². The zero-order chi connectivity index (χ0) is 29.1. The van der Waals surface area contributed by atoms with E-state index < -0.39 is 31.9 Å². The van der Waals surface area contributed by atoms with Gasteiger partial charge in [0.25, 0.3) is 0 Å². The van der Waals surface area contributed by atoms with Gasteiger partial charge in [0, 0.05) is 50.3 Å². The van der Waals surface area contributed by atoms with Gasteiger partial charge in [-0.25, -0.2) is 9.18 Å². The Morgan fingerprint density at radius 2 is 1.80 bits per heavy atom. The Hall–Kier alpha value is -2.89. The molecule has 1 unspecified atom stereocenters. The van der Waals surface area contributed by atoms with E-state index in [2.05, 4.69) is 24.6 Å². The van der Waals surface area contributed by atoms with E-state index in [0.29, 0.717) is 48.4 Å². The molecule has 2 aromatic carbocycles. The molecule has 218 valence electrons. The Balaban J connectivity index is 1.56. The average molecular weight is 581 g/mol. The lowest BCUT2D eigenvalue weighted by atomic mass is 9.73. The lowest BCUT2D eigenvalue weighted by molar-refractivity contribution is -0.222. The largest absolute Gasteiger partial charge is 0.465 e. The number of hydrogen-bond acceptors (Lipinski definition) is 3. The topological polar surface area (TPSA) is 74.8 Å². The van der Waals surface area contributed by atoms with E-state index in [4.69, 9.17) is 9.47 Å². The van der Waals surface area contributed by atoms with Gasteiger partial charge >= 0.3 is 12.3 Å².